The van der Waals surface area contributed by atoms with Crippen LogP contribution in [-0.4, -0.2) is 52.2 Å². The van der Waals surface area contributed by atoms with Crippen molar-refractivity contribution in [2.75, 3.05) is 26.6 Å². The third-order valence-electron chi connectivity index (χ3n) is 6.04. The zero-order valence-electron chi connectivity index (χ0n) is 19.8. The first-order valence-electron chi connectivity index (χ1n) is 11.0. The summed E-state index contributed by atoms with van der Waals surface area (Å²) in [6.07, 6.45) is 1.82. The second-order valence-electron chi connectivity index (χ2n) is 8.04. The van der Waals surface area contributed by atoms with Gasteiger partial charge >= 0.3 is 0 Å². The number of methoxy groups -OCH3 is 3. The molecule has 4 aromatic rings. The van der Waals surface area contributed by atoms with Gasteiger partial charge in [0.25, 0.3) is 5.95 Å². The van der Waals surface area contributed by atoms with Crippen molar-refractivity contribution in [3.05, 3.63) is 65.5 Å². The summed E-state index contributed by atoms with van der Waals surface area (Å²) in [5.74, 6) is 2.43. The van der Waals surface area contributed by atoms with E-state index in [-0.39, 0.29) is 24.2 Å². The highest BCUT2D eigenvalue weighted by atomic mass is 16.5. The van der Waals surface area contributed by atoms with E-state index in [0.717, 1.165) is 28.1 Å². The van der Waals surface area contributed by atoms with E-state index in [1.165, 1.54) is 4.68 Å². The molecule has 1 unspecified atom stereocenters. The molecule has 2 aromatic heterocycles. The van der Waals surface area contributed by atoms with Gasteiger partial charge < -0.3 is 19.5 Å². The van der Waals surface area contributed by atoms with Gasteiger partial charge in [0.1, 0.15) is 23.1 Å². The Morgan fingerprint density at radius 2 is 1.74 bits per heavy atom. The zero-order chi connectivity index (χ0) is 24.5. The topological polar surface area (TPSA) is 113 Å². The Labute approximate surface area is 201 Å². The third-order valence-corrected chi connectivity index (χ3v) is 6.04. The van der Waals surface area contributed by atoms with Crippen LogP contribution in [0.4, 0.5) is 5.82 Å². The van der Waals surface area contributed by atoms with Crippen molar-refractivity contribution < 1.29 is 19.0 Å². The molecule has 1 aliphatic rings. The number of carbonyl (C=O) groups excluding carboxylic acids is 1. The van der Waals surface area contributed by atoms with Crippen molar-refractivity contribution in [2.45, 2.75) is 19.3 Å². The maximum atomic E-state index is 12.8. The van der Waals surface area contributed by atoms with E-state index in [1.807, 2.05) is 49.4 Å². The van der Waals surface area contributed by atoms with Crippen LogP contribution in [0.15, 0.2) is 48.7 Å². The van der Waals surface area contributed by atoms with Crippen LogP contribution in [0.5, 0.6) is 17.2 Å². The number of fused-ring (bicyclic) bond motifs is 1. The van der Waals surface area contributed by atoms with E-state index < -0.39 is 0 Å². The molecule has 178 valence electrons. The van der Waals surface area contributed by atoms with Crippen LogP contribution in [0.2, 0.25) is 0 Å². The van der Waals surface area contributed by atoms with E-state index in [0.29, 0.717) is 23.0 Å². The highest BCUT2D eigenvalue weighted by molar-refractivity contribution is 5.95. The molecule has 1 aliphatic heterocycles. The first-order chi connectivity index (χ1) is 17.0. The van der Waals surface area contributed by atoms with Crippen molar-refractivity contribution in [3.8, 4) is 34.5 Å². The van der Waals surface area contributed by atoms with Crippen molar-refractivity contribution in [2.24, 2.45) is 0 Å². The van der Waals surface area contributed by atoms with Crippen molar-refractivity contribution in [1.82, 2.24) is 25.0 Å². The minimum absolute atomic E-state index is 0.146. The number of rotatable bonds is 6. The quantitative estimate of drug-likeness (QED) is 0.453. The molecule has 1 atom stereocenters. The number of hydrogen-bond acceptors (Lipinski definition) is 8. The largest absolute Gasteiger partial charge is 0.497 e. The van der Waals surface area contributed by atoms with Gasteiger partial charge in [0.15, 0.2) is 0 Å². The number of aromatic nitrogens is 5. The summed E-state index contributed by atoms with van der Waals surface area (Å²) in [4.78, 5) is 17.5. The van der Waals surface area contributed by atoms with Gasteiger partial charge in [0.05, 0.1) is 38.9 Å². The molecular formula is C25H24N6O4. The first-order valence-corrected chi connectivity index (χ1v) is 11.0. The number of nitrogens with zero attached hydrogens (tertiary/aromatic N) is 5. The molecule has 0 bridgehead atoms. The summed E-state index contributed by atoms with van der Waals surface area (Å²) in [5, 5.41) is 16.0. The fourth-order valence-corrected chi connectivity index (χ4v) is 4.35. The molecule has 0 radical (unpaired) electrons. The molecule has 3 heterocycles. The van der Waals surface area contributed by atoms with Crippen LogP contribution in [-0.2, 0) is 4.79 Å². The van der Waals surface area contributed by atoms with Crippen LogP contribution < -0.4 is 19.5 Å². The molecule has 5 rings (SSSR count). The van der Waals surface area contributed by atoms with Gasteiger partial charge in [0, 0.05) is 29.0 Å². The summed E-state index contributed by atoms with van der Waals surface area (Å²) in [6.45, 7) is 1.90. The van der Waals surface area contributed by atoms with E-state index >= 15 is 0 Å². The molecular weight excluding hydrogens is 448 g/mol. The Bertz CT molecular complexity index is 1400. The molecule has 0 spiro atoms. The summed E-state index contributed by atoms with van der Waals surface area (Å²) in [7, 11) is 4.83. The summed E-state index contributed by atoms with van der Waals surface area (Å²) in [6, 6.07) is 13.0. The van der Waals surface area contributed by atoms with Crippen LogP contribution in [0.1, 0.15) is 29.2 Å². The van der Waals surface area contributed by atoms with Crippen LogP contribution in [0.3, 0.4) is 0 Å². The predicted octanol–water partition coefficient (Wildman–Crippen LogP) is 3.53. The molecule has 0 aliphatic carbocycles. The van der Waals surface area contributed by atoms with E-state index in [9.17, 15) is 4.79 Å². The number of benzene rings is 2. The van der Waals surface area contributed by atoms with Crippen LogP contribution >= 0.6 is 0 Å². The number of ether oxygens (including phenoxy) is 3. The molecule has 0 saturated carbocycles. The standard InChI is InChI=1S/C25H24N6O4/c1-14-23-19(18-11-17(34-3)9-10-21(18)35-4)12-22(32)28-24(23)31(30-14)25-27-20(13-26-29-25)15-5-7-16(33-2)8-6-15/h5-11,13,19H,12H2,1-4H3,(H,28,32). The lowest BCUT2D eigenvalue weighted by molar-refractivity contribution is -0.116. The highest BCUT2D eigenvalue weighted by Gasteiger charge is 2.35. The third kappa shape index (κ3) is 4.03. The van der Waals surface area contributed by atoms with Gasteiger partial charge in [-0.3, -0.25) is 4.79 Å². The molecule has 10 nitrogen and oxygen atoms in total. The number of nitrogens with one attached hydrogen (secondary N) is 1. The Morgan fingerprint density at radius 1 is 1.00 bits per heavy atom. The Kier molecular flexibility index (Phi) is 5.77. The van der Waals surface area contributed by atoms with Gasteiger partial charge in [-0.2, -0.15) is 14.9 Å². The van der Waals surface area contributed by atoms with Crippen molar-refractivity contribution in [1.29, 1.82) is 0 Å². The monoisotopic (exact) mass is 472 g/mol. The Balaban J connectivity index is 1.61. The zero-order valence-corrected chi connectivity index (χ0v) is 19.8. The van der Waals surface area contributed by atoms with Crippen LogP contribution in [0.25, 0.3) is 17.2 Å². The van der Waals surface area contributed by atoms with E-state index in [4.69, 9.17) is 14.2 Å². The normalized spacial score (nSPS) is 14.7. The number of anilines is 1. The van der Waals surface area contributed by atoms with Gasteiger partial charge in [0.2, 0.25) is 5.91 Å². The van der Waals surface area contributed by atoms with E-state index in [2.05, 4.69) is 25.6 Å². The molecule has 2 aromatic carbocycles. The molecule has 1 N–H and O–H groups in total. The highest BCUT2D eigenvalue weighted by Crippen LogP contribution is 2.44. The van der Waals surface area contributed by atoms with Crippen LogP contribution in [0, 0.1) is 6.92 Å². The van der Waals surface area contributed by atoms with Gasteiger partial charge in [-0.05, 0) is 49.4 Å². The Hall–Kier alpha value is -4.47. The smallest absolute Gasteiger partial charge is 0.272 e. The van der Waals surface area contributed by atoms with Gasteiger partial charge in [-0.1, -0.05) is 0 Å². The summed E-state index contributed by atoms with van der Waals surface area (Å²) < 4.78 is 17.8. The van der Waals surface area contributed by atoms with Gasteiger partial charge in [-0.25, -0.2) is 4.98 Å². The van der Waals surface area contributed by atoms with Gasteiger partial charge in [-0.15, -0.1) is 5.10 Å². The average molecular weight is 473 g/mol. The second kappa shape index (κ2) is 9.05. The average Bonchev–Trinajstić information content (AvgIpc) is 3.23. The van der Waals surface area contributed by atoms with Crippen molar-refractivity contribution in [3.63, 3.8) is 0 Å². The maximum Gasteiger partial charge on any atom is 0.272 e. The lowest BCUT2D eigenvalue weighted by atomic mass is 9.85. The predicted molar refractivity (Wildman–Crippen MR) is 128 cm³/mol. The summed E-state index contributed by atoms with van der Waals surface area (Å²) >= 11 is 0. The minimum atomic E-state index is -0.282. The lowest BCUT2D eigenvalue weighted by Crippen LogP contribution is -2.25. The first kappa shape index (κ1) is 22.3. The minimum Gasteiger partial charge on any atom is -0.497 e. The Morgan fingerprint density at radius 3 is 2.46 bits per heavy atom. The molecule has 0 fully saturated rings. The maximum absolute atomic E-state index is 12.8. The fraction of sp³-hybridized carbons (Fsp3) is 0.240. The number of carbonyl (C=O) groups is 1. The molecule has 1 amide bonds. The fourth-order valence-electron chi connectivity index (χ4n) is 4.35. The SMILES string of the molecule is COc1ccc(-c2cnnc(-n3nc(C)c4c3NC(=O)CC4c3cc(OC)ccc3OC)n2)cc1. The molecule has 35 heavy (non-hydrogen) atoms. The summed E-state index contributed by atoms with van der Waals surface area (Å²) in [5.41, 5.74) is 3.93. The number of aryl methyl sites for hydroxylation is 1. The lowest BCUT2D eigenvalue weighted by Gasteiger charge is -2.25. The molecule has 0 saturated heterocycles. The second-order valence-corrected chi connectivity index (χ2v) is 8.04. The molecule has 10 heteroatoms. The van der Waals surface area contributed by atoms with Crippen molar-refractivity contribution >= 4 is 11.7 Å². The number of hydrogen-bond donors (Lipinski definition) is 1. The van der Waals surface area contributed by atoms with E-state index in [1.54, 1.807) is 27.5 Å². The number of amides is 1.